The number of hydrogen-bond acceptors (Lipinski definition) is 7. The van der Waals surface area contributed by atoms with Crippen LogP contribution in [0.1, 0.15) is 78.6 Å². The molecule has 0 spiro atoms. The van der Waals surface area contributed by atoms with E-state index in [0.717, 1.165) is 12.1 Å². The number of fused-ring (bicyclic) bond motifs is 1. The molecule has 1 aromatic carbocycles. The van der Waals surface area contributed by atoms with E-state index in [0.29, 0.717) is 49.0 Å². The topological polar surface area (TPSA) is 142 Å². The summed E-state index contributed by atoms with van der Waals surface area (Å²) in [7, 11) is 0. The Balaban J connectivity index is 1.78. The standard InChI is InChI=1S/C25H32FN5O4/c1-4-15-23-18(10-25(2,3)11-19(23)32)31(30-15)13-8-14(26)22(24(28)34)17(9-13)29-16-6-5-7-20(16)35-21(33)12-27/h8-9,16,20,29H,4-7,10-12,27H2,1-3H3,(H2,28,34). The van der Waals surface area contributed by atoms with Crippen molar-refractivity contribution in [1.29, 1.82) is 0 Å². The molecule has 0 bridgehead atoms. The minimum absolute atomic E-state index is 0.0300. The summed E-state index contributed by atoms with van der Waals surface area (Å²) >= 11 is 0. The number of Topliss-reactive ketones (excluding diaryl/α,β-unsaturated/α-hetero) is 1. The number of amides is 1. The van der Waals surface area contributed by atoms with Crippen molar-refractivity contribution >= 4 is 23.3 Å². The average molecular weight is 486 g/mol. The first kappa shape index (κ1) is 24.8. The number of primary amides is 1. The lowest BCUT2D eigenvalue weighted by Gasteiger charge is -2.29. The van der Waals surface area contributed by atoms with E-state index in [1.807, 2.05) is 20.8 Å². The van der Waals surface area contributed by atoms with Crippen LogP contribution in [0.25, 0.3) is 5.69 Å². The highest BCUT2D eigenvalue weighted by Gasteiger charge is 2.37. The minimum atomic E-state index is -0.918. The lowest BCUT2D eigenvalue weighted by Crippen LogP contribution is -2.35. The number of rotatable bonds is 7. The molecule has 0 radical (unpaired) electrons. The molecule has 2 aromatic rings. The van der Waals surface area contributed by atoms with Crippen molar-refractivity contribution in [2.24, 2.45) is 16.9 Å². The SMILES string of the molecule is CCc1nn(-c2cc(F)c(C(N)=O)c(NC3CCCC3OC(=O)CN)c2)c2c1C(=O)CC(C)(C)C2. The number of nitrogens with one attached hydrogen (secondary N) is 1. The fraction of sp³-hybridized carbons (Fsp3) is 0.520. The van der Waals surface area contributed by atoms with E-state index in [1.165, 1.54) is 6.07 Å². The molecule has 2 aliphatic carbocycles. The zero-order valence-electron chi connectivity index (χ0n) is 20.3. The smallest absolute Gasteiger partial charge is 0.320 e. The molecular weight excluding hydrogens is 453 g/mol. The molecule has 1 fully saturated rings. The molecule has 1 saturated carbocycles. The molecule has 4 rings (SSSR count). The summed E-state index contributed by atoms with van der Waals surface area (Å²) in [5.74, 6) is -2.21. The van der Waals surface area contributed by atoms with Gasteiger partial charge >= 0.3 is 5.97 Å². The zero-order chi connectivity index (χ0) is 25.5. The molecule has 5 N–H and O–H groups in total. The molecule has 35 heavy (non-hydrogen) atoms. The second-order valence-corrected chi connectivity index (χ2v) is 10.1. The quantitative estimate of drug-likeness (QED) is 0.512. The lowest BCUT2D eigenvalue weighted by atomic mass is 9.75. The van der Waals surface area contributed by atoms with Crippen LogP contribution in [0.2, 0.25) is 0 Å². The van der Waals surface area contributed by atoms with Crippen LogP contribution < -0.4 is 16.8 Å². The molecule has 9 nitrogen and oxygen atoms in total. The van der Waals surface area contributed by atoms with E-state index in [9.17, 15) is 14.4 Å². The van der Waals surface area contributed by atoms with Crippen LogP contribution in [0.5, 0.6) is 0 Å². The van der Waals surface area contributed by atoms with Gasteiger partial charge in [-0.05, 0) is 43.6 Å². The van der Waals surface area contributed by atoms with Crippen LogP contribution in [0.15, 0.2) is 12.1 Å². The number of carbonyl (C=O) groups is 3. The summed E-state index contributed by atoms with van der Waals surface area (Å²) in [6, 6.07) is 2.49. The maximum absolute atomic E-state index is 15.3. The van der Waals surface area contributed by atoms with Crippen LogP contribution in [0.3, 0.4) is 0 Å². The fourth-order valence-corrected chi connectivity index (χ4v) is 5.22. The number of esters is 1. The summed E-state index contributed by atoms with van der Waals surface area (Å²) in [6.07, 6.45) is 3.20. The summed E-state index contributed by atoms with van der Waals surface area (Å²) < 4.78 is 22.3. The predicted molar refractivity (Wildman–Crippen MR) is 128 cm³/mol. The molecular formula is C25H32FN5O4. The molecule has 10 heteroatoms. The summed E-state index contributed by atoms with van der Waals surface area (Å²) in [5, 5.41) is 7.83. The van der Waals surface area contributed by atoms with Gasteiger partial charge in [0.25, 0.3) is 5.91 Å². The van der Waals surface area contributed by atoms with Gasteiger partial charge in [0, 0.05) is 12.5 Å². The molecule has 2 unspecified atom stereocenters. The van der Waals surface area contributed by atoms with Gasteiger partial charge in [0.2, 0.25) is 0 Å². The molecule has 1 heterocycles. The van der Waals surface area contributed by atoms with Gasteiger partial charge in [0.15, 0.2) is 5.78 Å². The second-order valence-electron chi connectivity index (χ2n) is 10.1. The first-order valence-corrected chi connectivity index (χ1v) is 12.0. The number of halogens is 1. The number of benzene rings is 1. The number of nitrogens with two attached hydrogens (primary N) is 2. The van der Waals surface area contributed by atoms with E-state index in [1.54, 1.807) is 10.7 Å². The van der Waals surface area contributed by atoms with Crippen molar-refractivity contribution in [2.45, 2.75) is 71.4 Å². The number of nitrogens with zero attached hydrogens (tertiary/aromatic N) is 2. The Bertz CT molecular complexity index is 1190. The van der Waals surface area contributed by atoms with Crippen LogP contribution in [-0.2, 0) is 22.4 Å². The third kappa shape index (κ3) is 4.80. The van der Waals surface area contributed by atoms with Gasteiger partial charge in [-0.2, -0.15) is 5.10 Å². The van der Waals surface area contributed by atoms with Crippen molar-refractivity contribution in [2.75, 3.05) is 11.9 Å². The first-order chi connectivity index (χ1) is 16.5. The summed E-state index contributed by atoms with van der Waals surface area (Å²) in [4.78, 5) is 36.8. The number of aromatic nitrogens is 2. The van der Waals surface area contributed by atoms with Gasteiger partial charge in [-0.1, -0.05) is 20.8 Å². The zero-order valence-corrected chi connectivity index (χ0v) is 20.3. The van der Waals surface area contributed by atoms with E-state index in [2.05, 4.69) is 10.4 Å². The number of ether oxygens (including phenoxy) is 1. The minimum Gasteiger partial charge on any atom is -0.459 e. The molecule has 0 saturated heterocycles. The monoisotopic (exact) mass is 485 g/mol. The van der Waals surface area contributed by atoms with E-state index in [-0.39, 0.29) is 35.0 Å². The Labute approximate surface area is 203 Å². The molecule has 1 aromatic heterocycles. The van der Waals surface area contributed by atoms with Crippen LogP contribution in [0.4, 0.5) is 10.1 Å². The average Bonchev–Trinajstić information content (AvgIpc) is 3.36. The van der Waals surface area contributed by atoms with Gasteiger partial charge in [-0.3, -0.25) is 14.4 Å². The normalized spacial score (nSPS) is 21.0. The fourth-order valence-electron chi connectivity index (χ4n) is 5.22. The number of aryl methyl sites for hydroxylation is 1. The molecule has 0 aliphatic heterocycles. The van der Waals surface area contributed by atoms with Crippen LogP contribution in [0, 0.1) is 11.2 Å². The Hall–Kier alpha value is -3.27. The van der Waals surface area contributed by atoms with Gasteiger partial charge in [-0.15, -0.1) is 0 Å². The maximum atomic E-state index is 15.3. The Morgan fingerprint density at radius 1 is 1.29 bits per heavy atom. The van der Waals surface area contributed by atoms with Crippen molar-refractivity contribution in [1.82, 2.24) is 9.78 Å². The Morgan fingerprint density at radius 3 is 2.69 bits per heavy atom. The molecule has 1 amide bonds. The first-order valence-electron chi connectivity index (χ1n) is 12.0. The largest absolute Gasteiger partial charge is 0.459 e. The maximum Gasteiger partial charge on any atom is 0.320 e. The third-order valence-electron chi connectivity index (χ3n) is 6.76. The second kappa shape index (κ2) is 9.41. The molecule has 188 valence electrons. The van der Waals surface area contributed by atoms with E-state index in [4.69, 9.17) is 16.2 Å². The van der Waals surface area contributed by atoms with Crippen molar-refractivity contribution in [3.63, 3.8) is 0 Å². The third-order valence-corrected chi connectivity index (χ3v) is 6.76. The predicted octanol–water partition coefficient (Wildman–Crippen LogP) is 2.66. The highest BCUT2D eigenvalue weighted by atomic mass is 19.1. The number of anilines is 1. The van der Waals surface area contributed by atoms with Gasteiger partial charge in [-0.25, -0.2) is 9.07 Å². The molecule has 2 atom stereocenters. The summed E-state index contributed by atoms with van der Waals surface area (Å²) in [6.45, 7) is 5.72. The summed E-state index contributed by atoms with van der Waals surface area (Å²) in [5.41, 5.74) is 12.9. The van der Waals surface area contributed by atoms with E-state index < -0.39 is 23.8 Å². The van der Waals surface area contributed by atoms with Crippen molar-refractivity contribution in [3.8, 4) is 5.69 Å². The highest BCUT2D eigenvalue weighted by molar-refractivity contribution is 6.00. The highest BCUT2D eigenvalue weighted by Crippen LogP contribution is 2.38. The Kier molecular flexibility index (Phi) is 6.68. The number of ketones is 1. The van der Waals surface area contributed by atoms with Gasteiger partial charge in [0.05, 0.1) is 46.5 Å². The van der Waals surface area contributed by atoms with Crippen LogP contribution in [-0.4, -0.2) is 46.1 Å². The van der Waals surface area contributed by atoms with E-state index >= 15 is 4.39 Å². The molecule has 2 aliphatic rings. The Morgan fingerprint density at radius 2 is 2.03 bits per heavy atom. The van der Waals surface area contributed by atoms with Gasteiger partial charge < -0.3 is 21.5 Å². The van der Waals surface area contributed by atoms with Crippen molar-refractivity contribution in [3.05, 3.63) is 40.5 Å². The number of carbonyl (C=O) groups excluding carboxylic acids is 3. The lowest BCUT2D eigenvalue weighted by molar-refractivity contribution is -0.147. The van der Waals surface area contributed by atoms with Crippen LogP contribution >= 0.6 is 0 Å². The van der Waals surface area contributed by atoms with Gasteiger partial charge in [0.1, 0.15) is 11.9 Å². The van der Waals surface area contributed by atoms with Crippen molar-refractivity contribution < 1.29 is 23.5 Å². The number of hydrogen-bond donors (Lipinski definition) is 3.